The van der Waals surface area contributed by atoms with E-state index in [0.29, 0.717) is 30.4 Å². The van der Waals surface area contributed by atoms with Gasteiger partial charge in [-0.1, -0.05) is 0 Å². The molecule has 3 rings (SSSR count). The van der Waals surface area contributed by atoms with E-state index < -0.39 is 4.92 Å². The zero-order valence-corrected chi connectivity index (χ0v) is 11.4. The van der Waals surface area contributed by atoms with Crippen molar-refractivity contribution in [1.29, 1.82) is 0 Å². The second-order valence-corrected chi connectivity index (χ2v) is 4.39. The summed E-state index contributed by atoms with van der Waals surface area (Å²) in [5.41, 5.74) is -0.0589. The minimum atomic E-state index is -0.473. The molecule has 2 N–H and O–H groups in total. The van der Waals surface area contributed by atoms with Crippen LogP contribution in [-0.4, -0.2) is 31.6 Å². The molecule has 0 saturated carbocycles. The predicted octanol–water partition coefficient (Wildman–Crippen LogP) is 2.02. The summed E-state index contributed by atoms with van der Waals surface area (Å²) in [5.74, 6) is 1.94. The summed E-state index contributed by atoms with van der Waals surface area (Å²) in [6.07, 6.45) is 3.56. The first-order valence-corrected chi connectivity index (χ1v) is 6.52. The molecule has 0 aromatic carbocycles. The van der Waals surface area contributed by atoms with Crippen LogP contribution in [0.5, 0.6) is 0 Å². The third kappa shape index (κ3) is 2.92. The molecule has 0 spiro atoms. The zero-order valence-electron chi connectivity index (χ0n) is 11.4. The molecule has 0 aliphatic heterocycles. The molecule has 3 heterocycles. The van der Waals surface area contributed by atoms with Crippen LogP contribution in [0.15, 0.2) is 41.1 Å². The Balaban J connectivity index is 1.61. The second-order valence-electron chi connectivity index (χ2n) is 4.39. The maximum Gasteiger partial charge on any atom is 0.311 e. The van der Waals surface area contributed by atoms with E-state index in [4.69, 9.17) is 4.42 Å². The number of H-pyrrole nitrogens is 1. The minimum absolute atomic E-state index is 0.0589. The molecule has 9 heteroatoms. The van der Waals surface area contributed by atoms with Gasteiger partial charge in [-0.05, 0) is 18.2 Å². The molecule has 3 aromatic heterocycles. The number of hydrogen-bond acceptors (Lipinski definition) is 7. The first-order valence-electron chi connectivity index (χ1n) is 6.52. The molecule has 0 saturated heterocycles. The van der Waals surface area contributed by atoms with Crippen LogP contribution in [0.25, 0.3) is 11.6 Å². The van der Waals surface area contributed by atoms with Gasteiger partial charge < -0.3 is 9.73 Å². The van der Waals surface area contributed by atoms with Gasteiger partial charge in [0.05, 0.1) is 11.2 Å². The molecular formula is C13H12N6O3. The molecular weight excluding hydrogens is 288 g/mol. The first kappa shape index (κ1) is 13.7. The standard InChI is InChI=1S/C13H12N6O3/c20-19(21)9-3-1-6-14-12(9)15-7-5-11-16-13(18-17-11)10-4-2-8-22-10/h1-4,6,8H,5,7H2,(H,14,15)(H,16,17,18). The predicted molar refractivity (Wildman–Crippen MR) is 77.2 cm³/mol. The molecule has 112 valence electrons. The summed E-state index contributed by atoms with van der Waals surface area (Å²) in [5, 5.41) is 20.7. The van der Waals surface area contributed by atoms with Gasteiger partial charge in [0.25, 0.3) is 0 Å². The molecule has 9 nitrogen and oxygen atoms in total. The van der Waals surface area contributed by atoms with Crippen LogP contribution in [0, 0.1) is 10.1 Å². The van der Waals surface area contributed by atoms with Crippen LogP contribution >= 0.6 is 0 Å². The Labute approximate surface area is 124 Å². The van der Waals surface area contributed by atoms with Crippen LogP contribution in [0.2, 0.25) is 0 Å². The molecule has 0 unspecified atom stereocenters. The van der Waals surface area contributed by atoms with E-state index in [1.54, 1.807) is 18.4 Å². The summed E-state index contributed by atoms with van der Waals surface area (Å²) in [6.45, 7) is 0.435. The average molecular weight is 300 g/mol. The number of pyridine rings is 1. The van der Waals surface area contributed by atoms with Crippen molar-refractivity contribution in [3.05, 3.63) is 52.7 Å². The number of rotatable bonds is 6. The molecule has 0 atom stereocenters. The maximum atomic E-state index is 10.9. The van der Waals surface area contributed by atoms with Crippen molar-refractivity contribution >= 4 is 11.5 Å². The minimum Gasteiger partial charge on any atom is -0.461 e. The van der Waals surface area contributed by atoms with Gasteiger partial charge in [0.1, 0.15) is 5.82 Å². The summed E-state index contributed by atoms with van der Waals surface area (Å²) in [4.78, 5) is 18.7. The first-order chi connectivity index (χ1) is 10.7. The van der Waals surface area contributed by atoms with E-state index >= 15 is 0 Å². The quantitative estimate of drug-likeness (QED) is 0.527. The molecule has 0 fully saturated rings. The second kappa shape index (κ2) is 6.04. The van der Waals surface area contributed by atoms with Gasteiger partial charge in [0.2, 0.25) is 11.6 Å². The van der Waals surface area contributed by atoms with Crippen molar-refractivity contribution in [2.24, 2.45) is 0 Å². The number of aromatic amines is 1. The van der Waals surface area contributed by atoms with E-state index in [1.807, 2.05) is 0 Å². The highest BCUT2D eigenvalue weighted by Gasteiger charge is 2.14. The monoisotopic (exact) mass is 300 g/mol. The Bertz CT molecular complexity index is 768. The van der Waals surface area contributed by atoms with Gasteiger partial charge in [-0.2, -0.15) is 5.10 Å². The fourth-order valence-corrected chi connectivity index (χ4v) is 1.90. The third-order valence-corrected chi connectivity index (χ3v) is 2.91. The Kier molecular flexibility index (Phi) is 3.77. The van der Waals surface area contributed by atoms with Crippen molar-refractivity contribution in [1.82, 2.24) is 20.2 Å². The van der Waals surface area contributed by atoms with Gasteiger partial charge in [-0.3, -0.25) is 15.2 Å². The maximum absolute atomic E-state index is 10.9. The lowest BCUT2D eigenvalue weighted by Crippen LogP contribution is -2.09. The molecule has 0 aliphatic rings. The summed E-state index contributed by atoms with van der Waals surface area (Å²) in [6, 6.07) is 6.45. The average Bonchev–Trinajstić information content (AvgIpc) is 3.18. The molecule has 0 bridgehead atoms. The number of furan rings is 1. The number of nitrogens with one attached hydrogen (secondary N) is 2. The van der Waals surface area contributed by atoms with E-state index in [9.17, 15) is 10.1 Å². The Hall–Kier alpha value is -3.23. The van der Waals surface area contributed by atoms with Crippen molar-refractivity contribution in [3.8, 4) is 11.6 Å². The van der Waals surface area contributed by atoms with Crippen LogP contribution in [0.4, 0.5) is 11.5 Å². The fraction of sp³-hybridized carbons (Fsp3) is 0.154. The summed E-state index contributed by atoms with van der Waals surface area (Å²) < 4.78 is 5.20. The summed E-state index contributed by atoms with van der Waals surface area (Å²) in [7, 11) is 0. The van der Waals surface area contributed by atoms with Crippen LogP contribution in [0.3, 0.4) is 0 Å². The Morgan fingerprint density at radius 1 is 1.36 bits per heavy atom. The fourth-order valence-electron chi connectivity index (χ4n) is 1.90. The number of nitrogens with zero attached hydrogens (tertiary/aromatic N) is 4. The zero-order chi connectivity index (χ0) is 15.4. The molecule has 3 aromatic rings. The van der Waals surface area contributed by atoms with E-state index in [-0.39, 0.29) is 11.5 Å². The van der Waals surface area contributed by atoms with Crippen molar-refractivity contribution < 1.29 is 9.34 Å². The van der Waals surface area contributed by atoms with Crippen LogP contribution < -0.4 is 5.32 Å². The van der Waals surface area contributed by atoms with E-state index in [0.717, 1.165) is 0 Å². The van der Waals surface area contributed by atoms with Crippen molar-refractivity contribution in [2.75, 3.05) is 11.9 Å². The molecule has 22 heavy (non-hydrogen) atoms. The number of hydrogen-bond donors (Lipinski definition) is 2. The van der Waals surface area contributed by atoms with Gasteiger partial charge in [-0.15, -0.1) is 0 Å². The molecule has 0 amide bonds. The third-order valence-electron chi connectivity index (χ3n) is 2.91. The van der Waals surface area contributed by atoms with E-state index in [1.165, 1.54) is 18.3 Å². The number of nitro groups is 1. The highest BCUT2D eigenvalue weighted by atomic mass is 16.6. The smallest absolute Gasteiger partial charge is 0.311 e. The van der Waals surface area contributed by atoms with Gasteiger partial charge >= 0.3 is 5.69 Å². The highest BCUT2D eigenvalue weighted by molar-refractivity contribution is 5.55. The highest BCUT2D eigenvalue weighted by Crippen LogP contribution is 2.20. The number of anilines is 1. The molecule has 0 radical (unpaired) electrons. The Morgan fingerprint density at radius 3 is 3.05 bits per heavy atom. The lowest BCUT2D eigenvalue weighted by molar-refractivity contribution is -0.384. The largest absolute Gasteiger partial charge is 0.461 e. The van der Waals surface area contributed by atoms with Crippen LogP contribution in [0.1, 0.15) is 5.82 Å². The summed E-state index contributed by atoms with van der Waals surface area (Å²) >= 11 is 0. The lowest BCUT2D eigenvalue weighted by atomic mass is 10.3. The van der Waals surface area contributed by atoms with Crippen molar-refractivity contribution in [2.45, 2.75) is 6.42 Å². The topological polar surface area (TPSA) is 123 Å². The normalized spacial score (nSPS) is 10.5. The molecule has 0 aliphatic carbocycles. The number of aromatic nitrogens is 4. The lowest BCUT2D eigenvalue weighted by Gasteiger charge is -2.04. The van der Waals surface area contributed by atoms with E-state index in [2.05, 4.69) is 25.5 Å². The SMILES string of the molecule is O=[N+]([O-])c1cccnc1NCCc1nc(-c2ccco2)n[nH]1. The van der Waals surface area contributed by atoms with Crippen LogP contribution in [-0.2, 0) is 6.42 Å². The van der Waals surface area contributed by atoms with Gasteiger partial charge in [0.15, 0.2) is 5.76 Å². The van der Waals surface area contributed by atoms with Gasteiger partial charge in [0, 0.05) is 25.2 Å². The Morgan fingerprint density at radius 2 is 2.27 bits per heavy atom. The van der Waals surface area contributed by atoms with Crippen molar-refractivity contribution in [3.63, 3.8) is 0 Å². The van der Waals surface area contributed by atoms with Gasteiger partial charge in [-0.25, -0.2) is 9.97 Å².